The summed E-state index contributed by atoms with van der Waals surface area (Å²) in [5.41, 5.74) is 2.57. The number of rotatable bonds is 4. The summed E-state index contributed by atoms with van der Waals surface area (Å²) in [5.74, 6) is -1.42. The number of carbonyl (C=O) groups is 3. The van der Waals surface area contributed by atoms with Gasteiger partial charge in [0, 0.05) is 22.7 Å². The number of benzene rings is 2. The van der Waals surface area contributed by atoms with E-state index in [0.717, 1.165) is 21.4 Å². The first-order valence-corrected chi connectivity index (χ1v) is 9.49. The number of hydrogen-bond acceptors (Lipinski definition) is 4. The molecule has 0 unspecified atom stereocenters. The van der Waals surface area contributed by atoms with E-state index in [-0.39, 0.29) is 12.1 Å². The molecule has 1 saturated heterocycles. The van der Waals surface area contributed by atoms with Gasteiger partial charge in [-0.25, -0.2) is 9.69 Å². The Morgan fingerprint density at radius 2 is 1.80 bits per heavy atom. The molecule has 1 aliphatic heterocycles. The maximum absolute atomic E-state index is 13.2. The third-order valence-corrected chi connectivity index (χ3v) is 5.08. The number of fused-ring (bicyclic) bond motifs is 1. The topological polar surface area (TPSA) is 95.2 Å². The summed E-state index contributed by atoms with van der Waals surface area (Å²) in [4.78, 5) is 39.2. The van der Waals surface area contributed by atoms with Gasteiger partial charge in [0.1, 0.15) is 12.1 Å². The van der Waals surface area contributed by atoms with Gasteiger partial charge in [0.2, 0.25) is 0 Å². The molecule has 7 nitrogen and oxygen atoms in total. The molecule has 0 spiro atoms. The SMILES string of the molecule is CCc1ccccc1N1C(=O)NC(=O)/C(=C\c2cn(CC#N)c3ccccc23)C1=O. The largest absolute Gasteiger partial charge is 0.335 e. The number of nitrogens with zero attached hydrogens (tertiary/aromatic N) is 3. The molecule has 1 N–H and O–H groups in total. The maximum atomic E-state index is 13.2. The van der Waals surface area contributed by atoms with Crippen LogP contribution in [0.2, 0.25) is 0 Å². The summed E-state index contributed by atoms with van der Waals surface area (Å²) in [6.45, 7) is 2.06. The van der Waals surface area contributed by atoms with Gasteiger partial charge in [-0.2, -0.15) is 5.26 Å². The van der Waals surface area contributed by atoms with Crippen molar-refractivity contribution < 1.29 is 14.4 Å². The van der Waals surface area contributed by atoms with Gasteiger partial charge in [0.15, 0.2) is 0 Å². The zero-order chi connectivity index (χ0) is 21.3. The summed E-state index contributed by atoms with van der Waals surface area (Å²) < 4.78 is 1.75. The predicted molar refractivity (Wildman–Crippen MR) is 112 cm³/mol. The summed E-state index contributed by atoms with van der Waals surface area (Å²) in [6.07, 6.45) is 3.83. The van der Waals surface area contributed by atoms with Gasteiger partial charge in [-0.1, -0.05) is 43.3 Å². The lowest BCUT2D eigenvalue weighted by Crippen LogP contribution is -2.54. The lowest BCUT2D eigenvalue weighted by molar-refractivity contribution is -0.122. The standard InChI is InChI=1S/C23H18N4O3/c1-2-15-7-3-5-9-19(15)27-22(29)18(21(28)25-23(27)30)13-16-14-26(12-11-24)20-10-6-4-8-17(16)20/h3-10,13-14H,2,12H2,1H3,(H,25,28,30)/b18-13+. The lowest BCUT2D eigenvalue weighted by atomic mass is 10.0. The average Bonchev–Trinajstić information content (AvgIpc) is 3.09. The summed E-state index contributed by atoms with van der Waals surface area (Å²) >= 11 is 0. The summed E-state index contributed by atoms with van der Waals surface area (Å²) in [7, 11) is 0. The van der Waals surface area contributed by atoms with Crippen LogP contribution in [0.15, 0.2) is 60.3 Å². The number of anilines is 1. The first-order chi connectivity index (χ1) is 14.5. The molecule has 0 atom stereocenters. The number of nitriles is 1. The van der Waals surface area contributed by atoms with Crippen LogP contribution in [0, 0.1) is 11.3 Å². The smallest absolute Gasteiger partial charge is 0.333 e. The molecule has 1 aromatic heterocycles. The number of carbonyl (C=O) groups excluding carboxylic acids is 3. The minimum Gasteiger partial charge on any atom is -0.333 e. The molecule has 0 bridgehead atoms. The van der Waals surface area contributed by atoms with Crippen molar-refractivity contribution in [2.75, 3.05) is 4.90 Å². The molecule has 1 fully saturated rings. The van der Waals surface area contributed by atoms with Gasteiger partial charge >= 0.3 is 6.03 Å². The van der Waals surface area contributed by atoms with Crippen molar-refractivity contribution in [2.45, 2.75) is 19.9 Å². The van der Waals surface area contributed by atoms with Crippen LogP contribution < -0.4 is 10.2 Å². The molecule has 2 heterocycles. The summed E-state index contributed by atoms with van der Waals surface area (Å²) in [6, 6.07) is 15.9. The molecule has 0 aliphatic carbocycles. The van der Waals surface area contributed by atoms with E-state index < -0.39 is 17.8 Å². The zero-order valence-electron chi connectivity index (χ0n) is 16.3. The van der Waals surface area contributed by atoms with Gasteiger partial charge < -0.3 is 4.57 Å². The van der Waals surface area contributed by atoms with E-state index in [4.69, 9.17) is 5.26 Å². The Balaban J connectivity index is 1.83. The quantitative estimate of drug-likeness (QED) is 0.538. The van der Waals surface area contributed by atoms with Crippen molar-refractivity contribution in [1.82, 2.24) is 9.88 Å². The van der Waals surface area contributed by atoms with E-state index in [9.17, 15) is 14.4 Å². The number of aryl methyl sites for hydroxylation is 1. The number of aromatic nitrogens is 1. The fraction of sp³-hybridized carbons (Fsp3) is 0.130. The first-order valence-electron chi connectivity index (χ1n) is 9.49. The first kappa shape index (κ1) is 19.2. The van der Waals surface area contributed by atoms with E-state index in [1.165, 1.54) is 6.08 Å². The number of para-hydroxylation sites is 2. The van der Waals surface area contributed by atoms with Crippen molar-refractivity contribution in [3.8, 4) is 6.07 Å². The second-order valence-electron chi connectivity index (χ2n) is 6.83. The number of barbiturate groups is 1. The van der Waals surface area contributed by atoms with Crippen LogP contribution in [0.25, 0.3) is 17.0 Å². The van der Waals surface area contributed by atoms with Crippen molar-refractivity contribution in [3.63, 3.8) is 0 Å². The third-order valence-electron chi connectivity index (χ3n) is 5.08. The zero-order valence-corrected chi connectivity index (χ0v) is 16.3. The lowest BCUT2D eigenvalue weighted by Gasteiger charge is -2.27. The van der Waals surface area contributed by atoms with Crippen LogP contribution in [0.1, 0.15) is 18.1 Å². The highest BCUT2D eigenvalue weighted by Gasteiger charge is 2.37. The monoisotopic (exact) mass is 398 g/mol. The molecule has 2 aromatic carbocycles. The molecule has 30 heavy (non-hydrogen) atoms. The minimum absolute atomic E-state index is 0.137. The molecule has 0 saturated carbocycles. The molecule has 3 aromatic rings. The second-order valence-corrected chi connectivity index (χ2v) is 6.83. The highest BCUT2D eigenvalue weighted by Crippen LogP contribution is 2.28. The van der Waals surface area contributed by atoms with E-state index in [0.29, 0.717) is 17.7 Å². The van der Waals surface area contributed by atoms with Gasteiger partial charge in [0.25, 0.3) is 11.8 Å². The fourth-order valence-corrected chi connectivity index (χ4v) is 3.66. The Bertz CT molecular complexity index is 1260. The van der Waals surface area contributed by atoms with Gasteiger partial charge in [-0.05, 0) is 30.2 Å². The van der Waals surface area contributed by atoms with E-state index in [2.05, 4.69) is 11.4 Å². The van der Waals surface area contributed by atoms with E-state index >= 15 is 0 Å². The Labute approximate surface area is 172 Å². The molecule has 4 rings (SSSR count). The molecule has 7 heteroatoms. The average molecular weight is 398 g/mol. The third kappa shape index (κ3) is 3.14. The summed E-state index contributed by atoms with van der Waals surface area (Å²) in [5, 5.41) is 12.1. The molecular formula is C23H18N4O3. The van der Waals surface area contributed by atoms with Gasteiger partial charge in [0.05, 0.1) is 11.8 Å². The van der Waals surface area contributed by atoms with Crippen LogP contribution in [0.4, 0.5) is 10.5 Å². The Morgan fingerprint density at radius 1 is 1.07 bits per heavy atom. The number of amides is 4. The molecular weight excluding hydrogens is 380 g/mol. The number of urea groups is 1. The Hall–Kier alpha value is -4.18. The van der Waals surface area contributed by atoms with Crippen molar-refractivity contribution >= 4 is 40.5 Å². The van der Waals surface area contributed by atoms with Crippen LogP contribution >= 0.6 is 0 Å². The van der Waals surface area contributed by atoms with Crippen LogP contribution in [0.3, 0.4) is 0 Å². The molecule has 1 aliphatic rings. The van der Waals surface area contributed by atoms with E-state index in [1.54, 1.807) is 22.9 Å². The number of imide groups is 2. The highest BCUT2D eigenvalue weighted by molar-refractivity contribution is 6.39. The van der Waals surface area contributed by atoms with Crippen molar-refractivity contribution in [3.05, 3.63) is 71.4 Å². The number of nitrogens with one attached hydrogen (secondary N) is 1. The minimum atomic E-state index is -0.769. The maximum Gasteiger partial charge on any atom is 0.335 e. The van der Waals surface area contributed by atoms with Gasteiger partial charge in [-0.3, -0.25) is 14.9 Å². The normalized spacial score (nSPS) is 15.5. The molecule has 148 valence electrons. The second kappa shape index (κ2) is 7.68. The van der Waals surface area contributed by atoms with Crippen LogP contribution in [0.5, 0.6) is 0 Å². The Morgan fingerprint density at radius 3 is 2.57 bits per heavy atom. The van der Waals surface area contributed by atoms with E-state index in [1.807, 2.05) is 43.3 Å². The van der Waals surface area contributed by atoms with Gasteiger partial charge in [-0.15, -0.1) is 0 Å². The molecule has 4 amide bonds. The highest BCUT2D eigenvalue weighted by atomic mass is 16.2. The predicted octanol–water partition coefficient (Wildman–Crippen LogP) is 3.39. The fourth-order valence-electron chi connectivity index (χ4n) is 3.66. The number of hydrogen-bond donors (Lipinski definition) is 1. The van der Waals surface area contributed by atoms with Crippen molar-refractivity contribution in [2.24, 2.45) is 0 Å². The Kier molecular flexibility index (Phi) is 4.90. The van der Waals surface area contributed by atoms with Crippen LogP contribution in [-0.4, -0.2) is 22.4 Å². The molecule has 0 radical (unpaired) electrons. The van der Waals surface area contributed by atoms with Crippen LogP contribution in [-0.2, 0) is 22.6 Å². The van der Waals surface area contributed by atoms with Crippen molar-refractivity contribution in [1.29, 1.82) is 5.26 Å².